The topological polar surface area (TPSA) is 113 Å². The first kappa shape index (κ1) is 16.0. The molecule has 1 unspecified atom stereocenters. The Morgan fingerprint density at radius 1 is 1.35 bits per heavy atom. The highest BCUT2D eigenvalue weighted by atomic mass is 79.9. The summed E-state index contributed by atoms with van der Waals surface area (Å²) in [6.07, 6.45) is -0.708. The molecule has 7 nitrogen and oxygen atoms in total. The second-order valence-corrected chi connectivity index (χ2v) is 4.72. The maximum Gasteiger partial charge on any atom is 0.326 e. The molecule has 1 atom stereocenters. The average Bonchev–Trinajstić information content (AvgIpc) is 2.36. The van der Waals surface area contributed by atoms with Crippen LogP contribution in [0.5, 0.6) is 5.75 Å². The number of carbonyl (C=O) groups excluding carboxylic acids is 1. The van der Waals surface area contributed by atoms with Gasteiger partial charge in [-0.3, -0.25) is 9.59 Å². The molecule has 1 aromatic carbocycles. The van der Waals surface area contributed by atoms with Gasteiger partial charge in [0.2, 0.25) is 0 Å². The van der Waals surface area contributed by atoms with Gasteiger partial charge in [0.15, 0.2) is 0 Å². The van der Waals surface area contributed by atoms with Crippen LogP contribution in [0.3, 0.4) is 0 Å². The van der Waals surface area contributed by atoms with Crippen molar-refractivity contribution >= 4 is 33.8 Å². The molecule has 0 spiro atoms. The van der Waals surface area contributed by atoms with Crippen molar-refractivity contribution < 1.29 is 29.3 Å². The minimum absolute atomic E-state index is 0.118. The van der Waals surface area contributed by atoms with Gasteiger partial charge < -0.3 is 20.3 Å². The van der Waals surface area contributed by atoms with Gasteiger partial charge >= 0.3 is 11.9 Å². The van der Waals surface area contributed by atoms with E-state index in [0.717, 1.165) is 0 Å². The third-order valence-corrected chi connectivity index (χ3v) is 2.88. The second-order valence-electron chi connectivity index (χ2n) is 3.81. The van der Waals surface area contributed by atoms with Gasteiger partial charge in [0, 0.05) is 4.47 Å². The van der Waals surface area contributed by atoms with Crippen molar-refractivity contribution in [1.29, 1.82) is 0 Å². The van der Waals surface area contributed by atoms with Crippen LogP contribution in [-0.4, -0.2) is 41.2 Å². The molecule has 108 valence electrons. The zero-order valence-corrected chi connectivity index (χ0v) is 12.0. The Hall–Kier alpha value is -2.09. The largest absolute Gasteiger partial charge is 0.496 e. The van der Waals surface area contributed by atoms with Gasteiger partial charge in [0.05, 0.1) is 19.1 Å². The minimum atomic E-state index is -1.51. The molecule has 0 aliphatic rings. The highest BCUT2D eigenvalue weighted by molar-refractivity contribution is 9.10. The van der Waals surface area contributed by atoms with E-state index in [1.54, 1.807) is 12.1 Å². The lowest BCUT2D eigenvalue weighted by atomic mass is 10.1. The number of amides is 1. The van der Waals surface area contributed by atoms with Crippen molar-refractivity contribution in [2.24, 2.45) is 0 Å². The summed E-state index contributed by atoms with van der Waals surface area (Å²) in [6, 6.07) is 3.07. The van der Waals surface area contributed by atoms with E-state index in [9.17, 15) is 14.4 Å². The first-order chi connectivity index (χ1) is 9.35. The van der Waals surface area contributed by atoms with Gasteiger partial charge in [-0.1, -0.05) is 15.9 Å². The number of benzene rings is 1. The Labute approximate surface area is 122 Å². The summed E-state index contributed by atoms with van der Waals surface area (Å²) in [5, 5.41) is 19.6. The molecule has 0 aromatic heterocycles. The molecule has 0 saturated carbocycles. The normalized spacial score (nSPS) is 11.5. The van der Waals surface area contributed by atoms with Crippen molar-refractivity contribution in [3.63, 3.8) is 0 Å². The molecule has 0 heterocycles. The zero-order valence-electron chi connectivity index (χ0n) is 10.4. The van der Waals surface area contributed by atoms with E-state index in [4.69, 9.17) is 14.9 Å². The molecule has 0 aliphatic carbocycles. The van der Waals surface area contributed by atoms with Crippen LogP contribution in [0.4, 0.5) is 0 Å². The van der Waals surface area contributed by atoms with E-state index in [1.165, 1.54) is 13.2 Å². The third-order valence-electron chi connectivity index (χ3n) is 2.39. The van der Waals surface area contributed by atoms with Crippen molar-refractivity contribution in [2.45, 2.75) is 12.5 Å². The van der Waals surface area contributed by atoms with Crippen LogP contribution in [0.1, 0.15) is 16.8 Å². The van der Waals surface area contributed by atoms with Gasteiger partial charge in [0.25, 0.3) is 5.91 Å². The summed E-state index contributed by atoms with van der Waals surface area (Å²) in [7, 11) is 1.37. The fourth-order valence-electron chi connectivity index (χ4n) is 1.46. The molecule has 0 radical (unpaired) electrons. The SMILES string of the molecule is COc1cc(Br)ccc1C(=O)NC(CC(=O)O)C(=O)O. The van der Waals surface area contributed by atoms with E-state index in [1.807, 2.05) is 0 Å². The highest BCUT2D eigenvalue weighted by Gasteiger charge is 2.24. The summed E-state index contributed by atoms with van der Waals surface area (Å²) >= 11 is 3.21. The van der Waals surface area contributed by atoms with Gasteiger partial charge in [-0.25, -0.2) is 4.79 Å². The molecular formula is C12H12BrNO6. The van der Waals surface area contributed by atoms with Crippen molar-refractivity contribution in [2.75, 3.05) is 7.11 Å². The highest BCUT2D eigenvalue weighted by Crippen LogP contribution is 2.23. The van der Waals surface area contributed by atoms with E-state index < -0.39 is 30.3 Å². The summed E-state index contributed by atoms with van der Waals surface area (Å²) in [6.45, 7) is 0. The number of aliphatic carboxylic acids is 2. The second kappa shape index (κ2) is 6.90. The quantitative estimate of drug-likeness (QED) is 0.711. The lowest BCUT2D eigenvalue weighted by Crippen LogP contribution is -2.42. The number of nitrogens with one attached hydrogen (secondary N) is 1. The number of carbonyl (C=O) groups is 3. The lowest BCUT2D eigenvalue weighted by Gasteiger charge is -2.14. The van der Waals surface area contributed by atoms with Gasteiger partial charge in [0.1, 0.15) is 11.8 Å². The molecule has 8 heteroatoms. The standard InChI is InChI=1S/C12H12BrNO6/c1-20-9-4-6(13)2-3-7(9)11(17)14-8(12(18)19)5-10(15)16/h2-4,8H,5H2,1H3,(H,14,17)(H,15,16)(H,18,19). The molecule has 20 heavy (non-hydrogen) atoms. The van der Waals surface area contributed by atoms with Crippen LogP contribution in [0.15, 0.2) is 22.7 Å². The van der Waals surface area contributed by atoms with Crippen molar-refractivity contribution in [1.82, 2.24) is 5.32 Å². The van der Waals surface area contributed by atoms with Crippen LogP contribution < -0.4 is 10.1 Å². The van der Waals surface area contributed by atoms with Crippen LogP contribution in [0, 0.1) is 0 Å². The number of carboxylic acids is 2. The third kappa shape index (κ3) is 4.23. The van der Waals surface area contributed by atoms with Crippen LogP contribution in [0.25, 0.3) is 0 Å². The zero-order chi connectivity index (χ0) is 15.3. The van der Waals surface area contributed by atoms with Crippen molar-refractivity contribution in [3.05, 3.63) is 28.2 Å². The number of halogens is 1. The van der Waals surface area contributed by atoms with Crippen LogP contribution in [0.2, 0.25) is 0 Å². The fraction of sp³-hybridized carbons (Fsp3) is 0.250. The molecule has 1 amide bonds. The summed E-state index contributed by atoms with van der Waals surface area (Å²) in [5.41, 5.74) is 0.118. The maximum atomic E-state index is 12.0. The molecule has 1 aromatic rings. The first-order valence-corrected chi connectivity index (χ1v) is 6.23. The Balaban J connectivity index is 2.94. The lowest BCUT2D eigenvalue weighted by molar-refractivity contribution is -0.145. The van der Waals surface area contributed by atoms with Crippen LogP contribution in [-0.2, 0) is 9.59 Å². The molecule has 0 aliphatic heterocycles. The van der Waals surface area contributed by atoms with Gasteiger partial charge in [-0.15, -0.1) is 0 Å². The van der Waals surface area contributed by atoms with Crippen molar-refractivity contribution in [3.8, 4) is 5.75 Å². The predicted octanol–water partition coefficient (Wildman–Crippen LogP) is 1.12. The Morgan fingerprint density at radius 3 is 2.50 bits per heavy atom. The first-order valence-electron chi connectivity index (χ1n) is 5.44. The number of rotatable bonds is 6. The number of methoxy groups -OCH3 is 1. The molecule has 3 N–H and O–H groups in total. The average molecular weight is 346 g/mol. The van der Waals surface area contributed by atoms with Gasteiger partial charge in [-0.05, 0) is 18.2 Å². The molecule has 0 bridgehead atoms. The molecular weight excluding hydrogens is 334 g/mol. The number of hydrogen-bond acceptors (Lipinski definition) is 4. The van der Waals surface area contributed by atoms with E-state index in [0.29, 0.717) is 4.47 Å². The smallest absolute Gasteiger partial charge is 0.326 e. The van der Waals surface area contributed by atoms with E-state index in [2.05, 4.69) is 21.2 Å². The summed E-state index contributed by atoms with van der Waals surface area (Å²) in [4.78, 5) is 33.4. The Bertz CT molecular complexity index is 545. The van der Waals surface area contributed by atoms with E-state index >= 15 is 0 Å². The monoisotopic (exact) mass is 345 g/mol. The predicted molar refractivity (Wildman–Crippen MR) is 71.8 cm³/mol. The number of carboxylic acid groups (broad SMARTS) is 2. The minimum Gasteiger partial charge on any atom is -0.496 e. The Kier molecular flexibility index (Phi) is 5.51. The molecule has 0 saturated heterocycles. The van der Waals surface area contributed by atoms with Crippen LogP contribution >= 0.6 is 15.9 Å². The summed E-state index contributed by atoms with van der Waals surface area (Å²) < 4.78 is 5.70. The van der Waals surface area contributed by atoms with Gasteiger partial charge in [-0.2, -0.15) is 0 Å². The maximum absolute atomic E-state index is 12.0. The molecule has 0 fully saturated rings. The van der Waals surface area contributed by atoms with E-state index in [-0.39, 0.29) is 11.3 Å². The number of ether oxygens (including phenoxy) is 1. The molecule has 1 rings (SSSR count). The number of hydrogen-bond donors (Lipinski definition) is 3. The fourth-order valence-corrected chi connectivity index (χ4v) is 1.80. The Morgan fingerprint density at radius 2 is 2.00 bits per heavy atom. The summed E-state index contributed by atoms with van der Waals surface area (Å²) in [5.74, 6) is -3.21.